The molecule has 0 aromatic rings. The average Bonchev–Trinajstić information content (AvgIpc) is 2.80. The molecule has 6 amide bonds. The van der Waals surface area contributed by atoms with Crippen molar-refractivity contribution in [3.05, 3.63) is 0 Å². The van der Waals surface area contributed by atoms with Gasteiger partial charge in [-0.3, -0.25) is 28.8 Å². The average molecular weight is 531 g/mol. The smallest absolute Gasteiger partial charge is 0.326 e. The molecule has 37 heavy (non-hydrogen) atoms. The first-order valence-corrected chi connectivity index (χ1v) is 11.7. The van der Waals surface area contributed by atoms with Gasteiger partial charge in [0, 0.05) is 19.3 Å². The van der Waals surface area contributed by atoms with Crippen molar-refractivity contribution in [3.8, 4) is 0 Å². The molecule has 0 saturated carbocycles. The standard InChI is InChI=1S/C21H38N8O8/c22-10-2-1-3-11(23)18(33)27-12(4-7-15(24)30)19(34)28-13(5-8-16(25)31)20(35)29-14(21(36)37)6-9-17(26)32/h11-14H,1-10,22-23H2,(H2,24,30)(H2,25,31)(H2,26,32)(H,27,33)(H,28,34)(H,29,35)(H,36,37). The molecule has 0 aliphatic heterocycles. The SMILES string of the molecule is NCCCCC(N)C(=O)NC(CCC(N)=O)C(=O)NC(CCC(N)=O)C(=O)NC(CCC(N)=O)C(=O)O. The summed E-state index contributed by atoms with van der Waals surface area (Å²) < 4.78 is 0. The third-order valence-corrected chi connectivity index (χ3v) is 5.22. The number of aliphatic carboxylic acids is 1. The molecule has 0 rings (SSSR count). The second-order valence-electron chi connectivity index (χ2n) is 8.43. The first-order valence-electron chi connectivity index (χ1n) is 11.7. The molecule has 0 saturated heterocycles. The molecule has 0 aromatic carbocycles. The summed E-state index contributed by atoms with van der Waals surface area (Å²) in [6, 6.07) is -5.24. The minimum atomic E-state index is -1.51. The lowest BCUT2D eigenvalue weighted by Gasteiger charge is -2.25. The van der Waals surface area contributed by atoms with Gasteiger partial charge < -0.3 is 49.7 Å². The predicted octanol–water partition coefficient (Wildman–Crippen LogP) is -4.22. The highest BCUT2D eigenvalue weighted by molar-refractivity contribution is 5.94. The second-order valence-corrected chi connectivity index (χ2v) is 8.43. The van der Waals surface area contributed by atoms with Crippen LogP contribution in [-0.2, 0) is 33.6 Å². The van der Waals surface area contributed by atoms with Crippen molar-refractivity contribution in [2.75, 3.05) is 6.54 Å². The molecule has 14 N–H and O–H groups in total. The van der Waals surface area contributed by atoms with E-state index in [1.165, 1.54) is 0 Å². The largest absolute Gasteiger partial charge is 0.480 e. The van der Waals surface area contributed by atoms with E-state index in [2.05, 4.69) is 16.0 Å². The first-order chi connectivity index (χ1) is 17.3. The number of rotatable bonds is 20. The minimum Gasteiger partial charge on any atom is -0.480 e. The molecule has 0 aromatic heterocycles. The molecule has 16 nitrogen and oxygen atoms in total. The number of unbranched alkanes of at least 4 members (excludes halogenated alkanes) is 1. The molecule has 0 aliphatic carbocycles. The molecular formula is C21H38N8O8. The molecule has 4 unspecified atom stereocenters. The zero-order chi connectivity index (χ0) is 28.5. The van der Waals surface area contributed by atoms with Crippen molar-refractivity contribution in [1.29, 1.82) is 0 Å². The van der Waals surface area contributed by atoms with Crippen LogP contribution in [0, 0.1) is 0 Å². The van der Waals surface area contributed by atoms with Crippen molar-refractivity contribution in [1.82, 2.24) is 16.0 Å². The molecule has 16 heteroatoms. The lowest BCUT2D eigenvalue weighted by atomic mass is 10.0. The Balaban J connectivity index is 5.59. The van der Waals surface area contributed by atoms with Gasteiger partial charge in [-0.15, -0.1) is 0 Å². The number of hydrogen-bond acceptors (Lipinski definition) is 9. The molecule has 0 aliphatic rings. The summed E-state index contributed by atoms with van der Waals surface area (Å²) in [4.78, 5) is 83.2. The summed E-state index contributed by atoms with van der Waals surface area (Å²) in [5, 5.41) is 16.2. The Kier molecular flexibility index (Phi) is 15.8. The number of primary amides is 3. The third-order valence-electron chi connectivity index (χ3n) is 5.22. The van der Waals surface area contributed by atoms with E-state index in [1.807, 2.05) is 0 Å². The van der Waals surface area contributed by atoms with Crippen LogP contribution in [-0.4, -0.2) is 77.2 Å². The summed E-state index contributed by atoms with van der Waals surface area (Å²) in [5.74, 6) is -6.35. The fourth-order valence-corrected chi connectivity index (χ4v) is 3.12. The zero-order valence-corrected chi connectivity index (χ0v) is 20.6. The maximum absolute atomic E-state index is 13.0. The lowest BCUT2D eigenvalue weighted by molar-refractivity contribution is -0.142. The van der Waals surface area contributed by atoms with E-state index in [4.69, 9.17) is 28.7 Å². The highest BCUT2D eigenvalue weighted by atomic mass is 16.4. The Bertz CT molecular complexity index is 837. The molecule has 0 fully saturated rings. The fourth-order valence-electron chi connectivity index (χ4n) is 3.12. The maximum Gasteiger partial charge on any atom is 0.326 e. The minimum absolute atomic E-state index is 0.219. The monoisotopic (exact) mass is 530 g/mol. The van der Waals surface area contributed by atoms with E-state index in [1.54, 1.807) is 0 Å². The number of hydrogen-bond donors (Lipinski definition) is 9. The Hall–Kier alpha value is -3.79. The van der Waals surface area contributed by atoms with Crippen LogP contribution in [0.25, 0.3) is 0 Å². The number of carboxylic acid groups (broad SMARTS) is 1. The van der Waals surface area contributed by atoms with E-state index in [-0.39, 0.29) is 38.5 Å². The van der Waals surface area contributed by atoms with Gasteiger partial charge in [-0.05, 0) is 38.6 Å². The molecule has 4 atom stereocenters. The predicted molar refractivity (Wildman–Crippen MR) is 130 cm³/mol. The van der Waals surface area contributed by atoms with Gasteiger partial charge in [-0.2, -0.15) is 0 Å². The van der Waals surface area contributed by atoms with Gasteiger partial charge in [-0.25, -0.2) is 4.79 Å². The van der Waals surface area contributed by atoms with Crippen LogP contribution in [0.5, 0.6) is 0 Å². The van der Waals surface area contributed by atoms with Crippen molar-refractivity contribution in [3.63, 3.8) is 0 Å². The van der Waals surface area contributed by atoms with Crippen molar-refractivity contribution in [2.24, 2.45) is 28.7 Å². The second kappa shape index (κ2) is 17.6. The van der Waals surface area contributed by atoms with E-state index in [0.717, 1.165) is 0 Å². The number of carbonyl (C=O) groups is 7. The highest BCUT2D eigenvalue weighted by Gasteiger charge is 2.30. The highest BCUT2D eigenvalue weighted by Crippen LogP contribution is 2.06. The number of carboxylic acids is 1. The van der Waals surface area contributed by atoms with E-state index >= 15 is 0 Å². The molecule has 0 heterocycles. The Labute approximate surface area is 213 Å². The molecule has 210 valence electrons. The first kappa shape index (κ1) is 33.2. The van der Waals surface area contributed by atoms with Gasteiger partial charge in [0.1, 0.15) is 18.1 Å². The quantitative estimate of drug-likeness (QED) is 0.0683. The van der Waals surface area contributed by atoms with Gasteiger partial charge in [-0.1, -0.05) is 6.42 Å². The van der Waals surface area contributed by atoms with Crippen molar-refractivity contribution < 1.29 is 38.7 Å². The van der Waals surface area contributed by atoms with E-state index < -0.39 is 65.6 Å². The Morgan fingerprint density at radius 1 is 0.595 bits per heavy atom. The van der Waals surface area contributed by atoms with Gasteiger partial charge in [0.25, 0.3) is 0 Å². The van der Waals surface area contributed by atoms with E-state index in [0.29, 0.717) is 25.8 Å². The normalized spacial score (nSPS) is 13.9. The van der Waals surface area contributed by atoms with Crippen LogP contribution in [0.1, 0.15) is 57.8 Å². The summed E-state index contributed by atoms with van der Waals surface area (Å²) >= 11 is 0. The number of carbonyl (C=O) groups excluding carboxylic acids is 6. The van der Waals surface area contributed by atoms with Crippen LogP contribution in [0.4, 0.5) is 0 Å². The fraction of sp³-hybridized carbons (Fsp3) is 0.667. The Morgan fingerprint density at radius 2 is 0.973 bits per heavy atom. The van der Waals surface area contributed by atoms with Crippen LogP contribution in [0.3, 0.4) is 0 Å². The van der Waals surface area contributed by atoms with Gasteiger partial charge in [0.2, 0.25) is 35.4 Å². The van der Waals surface area contributed by atoms with Crippen LogP contribution in [0.15, 0.2) is 0 Å². The molecule has 0 spiro atoms. The van der Waals surface area contributed by atoms with Crippen LogP contribution in [0.2, 0.25) is 0 Å². The summed E-state index contributed by atoms with van der Waals surface area (Å²) in [5.41, 5.74) is 26.6. The van der Waals surface area contributed by atoms with Crippen LogP contribution >= 0.6 is 0 Å². The number of nitrogens with two attached hydrogens (primary N) is 5. The van der Waals surface area contributed by atoms with E-state index in [9.17, 15) is 38.7 Å². The number of nitrogens with one attached hydrogen (secondary N) is 3. The zero-order valence-electron chi connectivity index (χ0n) is 20.6. The molecule has 0 bridgehead atoms. The summed E-state index contributed by atoms with van der Waals surface area (Å²) in [7, 11) is 0. The topological polar surface area (TPSA) is 306 Å². The van der Waals surface area contributed by atoms with Gasteiger partial charge in [0.05, 0.1) is 6.04 Å². The summed E-state index contributed by atoms with van der Waals surface area (Å²) in [6.45, 7) is 0.415. The third kappa shape index (κ3) is 15.0. The maximum atomic E-state index is 13.0. The molecule has 0 radical (unpaired) electrons. The van der Waals surface area contributed by atoms with Gasteiger partial charge in [0.15, 0.2) is 0 Å². The van der Waals surface area contributed by atoms with Crippen LogP contribution < -0.4 is 44.6 Å². The summed E-state index contributed by atoms with van der Waals surface area (Å²) in [6.07, 6.45) is -0.297. The Morgan fingerprint density at radius 3 is 1.35 bits per heavy atom. The molecular weight excluding hydrogens is 492 g/mol. The lowest BCUT2D eigenvalue weighted by Crippen LogP contribution is -2.57. The number of amides is 6. The van der Waals surface area contributed by atoms with Crippen molar-refractivity contribution >= 4 is 41.4 Å². The van der Waals surface area contributed by atoms with Gasteiger partial charge >= 0.3 is 5.97 Å². The van der Waals surface area contributed by atoms with Crippen molar-refractivity contribution in [2.45, 2.75) is 82.0 Å².